The molecule has 9 nitrogen and oxygen atoms in total. The van der Waals surface area contributed by atoms with E-state index in [9.17, 15) is 18.5 Å². The van der Waals surface area contributed by atoms with Crippen molar-refractivity contribution in [2.24, 2.45) is 0 Å². The fourth-order valence-corrected chi connectivity index (χ4v) is 3.30. The summed E-state index contributed by atoms with van der Waals surface area (Å²) in [4.78, 5) is 9.98. The molecule has 0 spiro atoms. The first kappa shape index (κ1) is 14.4. The van der Waals surface area contributed by atoms with E-state index in [1.807, 2.05) is 0 Å². The molecule has 2 rings (SSSR count). The molecule has 1 aromatic heterocycles. The van der Waals surface area contributed by atoms with Crippen LogP contribution in [0.1, 0.15) is 0 Å². The van der Waals surface area contributed by atoms with E-state index >= 15 is 0 Å². The zero-order chi connectivity index (χ0) is 14.9. The zero-order valence-corrected chi connectivity index (χ0v) is 11.9. The highest BCUT2D eigenvalue weighted by molar-refractivity contribution is 7.94. The van der Waals surface area contributed by atoms with Crippen molar-refractivity contribution in [1.82, 2.24) is 10.2 Å². The van der Waals surface area contributed by atoms with Crippen LogP contribution in [-0.2, 0) is 10.0 Å². The van der Waals surface area contributed by atoms with Gasteiger partial charge in [-0.25, -0.2) is 0 Å². The first-order valence-electron chi connectivity index (χ1n) is 4.85. The lowest BCUT2D eigenvalue weighted by molar-refractivity contribution is -0.384. The van der Waals surface area contributed by atoms with Gasteiger partial charge in [0.05, 0.1) is 15.6 Å². The Hall–Kier alpha value is -1.98. The Morgan fingerprint density at radius 2 is 2.10 bits per heavy atom. The van der Waals surface area contributed by atoms with Gasteiger partial charge < -0.3 is 5.73 Å². The molecular formula is C8H6ClN5O4S2. The lowest BCUT2D eigenvalue weighted by Crippen LogP contribution is -2.13. The number of halogens is 1. The average Bonchev–Trinajstić information content (AvgIpc) is 2.79. The molecule has 0 radical (unpaired) electrons. The Morgan fingerprint density at radius 3 is 2.65 bits per heavy atom. The SMILES string of the molecule is Nc1nnc(S(=O)(=O)Nc2cc([N+](=O)[O-])ccc2Cl)s1. The largest absolute Gasteiger partial charge is 0.374 e. The Morgan fingerprint density at radius 1 is 1.40 bits per heavy atom. The van der Waals surface area contributed by atoms with Gasteiger partial charge in [-0.1, -0.05) is 22.9 Å². The van der Waals surface area contributed by atoms with Gasteiger partial charge >= 0.3 is 0 Å². The van der Waals surface area contributed by atoms with Gasteiger partial charge in [-0.2, -0.15) is 8.42 Å². The van der Waals surface area contributed by atoms with Crippen LogP contribution in [0.25, 0.3) is 0 Å². The first-order valence-corrected chi connectivity index (χ1v) is 7.53. The van der Waals surface area contributed by atoms with Crippen LogP contribution in [0.4, 0.5) is 16.5 Å². The third kappa shape index (κ3) is 2.95. The predicted molar refractivity (Wildman–Crippen MR) is 73.2 cm³/mol. The Bertz CT molecular complexity index is 775. The van der Waals surface area contributed by atoms with Gasteiger partial charge in [-0.05, 0) is 6.07 Å². The quantitative estimate of drug-likeness (QED) is 0.636. The van der Waals surface area contributed by atoms with Crippen LogP contribution in [0.15, 0.2) is 22.5 Å². The maximum absolute atomic E-state index is 12.0. The van der Waals surface area contributed by atoms with Crippen LogP contribution in [0, 0.1) is 10.1 Å². The monoisotopic (exact) mass is 335 g/mol. The maximum atomic E-state index is 12.0. The number of benzene rings is 1. The lowest BCUT2D eigenvalue weighted by Gasteiger charge is -2.06. The highest BCUT2D eigenvalue weighted by atomic mass is 35.5. The summed E-state index contributed by atoms with van der Waals surface area (Å²) in [6, 6.07) is 3.37. The zero-order valence-electron chi connectivity index (χ0n) is 9.48. The molecule has 0 bridgehead atoms. The number of nitro groups is 1. The van der Waals surface area contributed by atoms with Crippen molar-refractivity contribution in [3.63, 3.8) is 0 Å². The van der Waals surface area contributed by atoms with Gasteiger partial charge in [-0.15, -0.1) is 10.2 Å². The maximum Gasteiger partial charge on any atom is 0.291 e. The molecule has 20 heavy (non-hydrogen) atoms. The Kier molecular flexibility index (Phi) is 3.74. The molecular weight excluding hydrogens is 330 g/mol. The minimum Gasteiger partial charge on any atom is -0.374 e. The molecule has 1 heterocycles. The fourth-order valence-electron chi connectivity index (χ4n) is 1.22. The fraction of sp³-hybridized carbons (Fsp3) is 0. The normalized spacial score (nSPS) is 11.2. The predicted octanol–water partition coefficient (Wildman–Crippen LogP) is 1.48. The van der Waals surface area contributed by atoms with Crippen molar-refractivity contribution in [2.45, 2.75) is 4.34 Å². The third-order valence-corrected chi connectivity index (χ3v) is 4.87. The van der Waals surface area contributed by atoms with Crippen molar-refractivity contribution in [1.29, 1.82) is 0 Å². The van der Waals surface area contributed by atoms with E-state index in [2.05, 4.69) is 14.9 Å². The van der Waals surface area contributed by atoms with Gasteiger partial charge in [0.2, 0.25) is 5.13 Å². The molecule has 0 aliphatic rings. The Labute approximate surface area is 121 Å². The summed E-state index contributed by atoms with van der Waals surface area (Å²) in [6.07, 6.45) is 0. The first-order chi connectivity index (χ1) is 9.29. The third-order valence-electron chi connectivity index (χ3n) is 2.06. The molecule has 0 aliphatic carbocycles. The van der Waals surface area contributed by atoms with Crippen LogP contribution in [0.2, 0.25) is 5.02 Å². The van der Waals surface area contributed by atoms with Crippen molar-refractivity contribution < 1.29 is 13.3 Å². The molecule has 106 valence electrons. The number of nitrogens with one attached hydrogen (secondary N) is 1. The topological polar surface area (TPSA) is 141 Å². The second-order valence-electron chi connectivity index (χ2n) is 3.43. The summed E-state index contributed by atoms with van der Waals surface area (Å²) in [5.74, 6) is 0. The van der Waals surface area contributed by atoms with E-state index in [-0.39, 0.29) is 25.9 Å². The van der Waals surface area contributed by atoms with Gasteiger partial charge in [0, 0.05) is 12.1 Å². The molecule has 0 saturated carbocycles. The van der Waals surface area contributed by atoms with Gasteiger partial charge in [0.15, 0.2) is 0 Å². The summed E-state index contributed by atoms with van der Waals surface area (Å²) in [5.41, 5.74) is 4.87. The number of rotatable bonds is 4. The molecule has 1 aromatic carbocycles. The number of anilines is 2. The summed E-state index contributed by atoms with van der Waals surface area (Å²) in [6.45, 7) is 0. The summed E-state index contributed by atoms with van der Waals surface area (Å²) < 4.78 is 25.7. The molecule has 0 atom stereocenters. The van der Waals surface area contributed by atoms with Crippen LogP contribution in [-0.4, -0.2) is 23.5 Å². The number of non-ortho nitro benzene ring substituents is 1. The van der Waals surface area contributed by atoms with Gasteiger partial charge in [0.1, 0.15) is 0 Å². The molecule has 0 aliphatic heterocycles. The van der Waals surface area contributed by atoms with Crippen LogP contribution < -0.4 is 10.5 Å². The van der Waals surface area contributed by atoms with Crippen LogP contribution in [0.5, 0.6) is 0 Å². The van der Waals surface area contributed by atoms with Crippen LogP contribution in [0.3, 0.4) is 0 Å². The number of nitrogen functional groups attached to an aromatic ring is 1. The average molecular weight is 336 g/mol. The lowest BCUT2D eigenvalue weighted by atomic mass is 10.3. The summed E-state index contributed by atoms with van der Waals surface area (Å²) in [5, 5.41) is 17.4. The smallest absolute Gasteiger partial charge is 0.291 e. The minimum atomic E-state index is -4.05. The second-order valence-corrected chi connectivity index (χ2v) is 6.71. The molecule has 0 unspecified atom stereocenters. The molecule has 12 heteroatoms. The number of sulfonamides is 1. The highest BCUT2D eigenvalue weighted by Crippen LogP contribution is 2.29. The van der Waals surface area contributed by atoms with Crippen molar-refractivity contribution in [3.8, 4) is 0 Å². The molecule has 0 amide bonds. The van der Waals surface area contributed by atoms with E-state index in [0.717, 1.165) is 12.1 Å². The van der Waals surface area contributed by atoms with Crippen molar-refractivity contribution in [2.75, 3.05) is 10.5 Å². The van der Waals surface area contributed by atoms with E-state index < -0.39 is 14.9 Å². The number of hydrogen-bond donors (Lipinski definition) is 2. The second kappa shape index (κ2) is 5.19. The Balaban J connectivity index is 2.39. The van der Waals surface area contributed by atoms with Crippen molar-refractivity contribution in [3.05, 3.63) is 33.3 Å². The van der Waals surface area contributed by atoms with E-state index in [1.54, 1.807) is 0 Å². The number of nitrogens with zero attached hydrogens (tertiary/aromatic N) is 3. The van der Waals surface area contributed by atoms with E-state index in [4.69, 9.17) is 17.3 Å². The summed E-state index contributed by atoms with van der Waals surface area (Å²) >= 11 is 6.45. The van der Waals surface area contributed by atoms with E-state index in [0.29, 0.717) is 11.3 Å². The molecule has 2 aromatic rings. The molecule has 0 saturated heterocycles. The number of nitrogens with two attached hydrogens (primary N) is 1. The number of nitro benzene ring substituents is 1. The van der Waals surface area contributed by atoms with Gasteiger partial charge in [0.25, 0.3) is 20.1 Å². The highest BCUT2D eigenvalue weighted by Gasteiger charge is 2.22. The van der Waals surface area contributed by atoms with Crippen LogP contribution >= 0.6 is 22.9 Å². The summed E-state index contributed by atoms with van der Waals surface area (Å²) in [7, 11) is -4.05. The minimum absolute atomic E-state index is 0.0108. The number of hydrogen-bond acceptors (Lipinski definition) is 8. The number of aromatic nitrogens is 2. The standard InChI is InChI=1S/C8H6ClN5O4S2/c9-5-2-1-4(14(15)16)3-6(5)13-20(17,18)8-12-11-7(10)19-8/h1-3,13H,(H2,10,11). The molecule has 3 N–H and O–H groups in total. The van der Waals surface area contributed by atoms with Crippen molar-refractivity contribution >= 4 is 49.5 Å². The van der Waals surface area contributed by atoms with Gasteiger partial charge in [-0.3, -0.25) is 14.8 Å². The molecule has 0 fully saturated rings. The van der Waals surface area contributed by atoms with E-state index in [1.165, 1.54) is 6.07 Å².